The first-order chi connectivity index (χ1) is 11.7. The molecule has 1 aromatic carbocycles. The lowest BCUT2D eigenvalue weighted by atomic mass is 9.84. The van der Waals surface area contributed by atoms with Crippen LogP contribution in [0.5, 0.6) is 0 Å². The summed E-state index contributed by atoms with van der Waals surface area (Å²) in [7, 11) is 0. The van der Waals surface area contributed by atoms with Crippen molar-refractivity contribution in [3.8, 4) is 0 Å². The van der Waals surface area contributed by atoms with E-state index in [1.165, 1.54) is 0 Å². The lowest BCUT2D eigenvalue weighted by molar-refractivity contribution is -0.392. The Morgan fingerprint density at radius 1 is 1.08 bits per heavy atom. The molecule has 3 saturated heterocycles. The molecule has 136 valence electrons. The summed E-state index contributed by atoms with van der Waals surface area (Å²) in [4.78, 5) is 22.6. The molecule has 0 radical (unpaired) electrons. The molecule has 3 fully saturated rings. The van der Waals surface area contributed by atoms with Crippen LogP contribution >= 0.6 is 0 Å². The van der Waals surface area contributed by atoms with Gasteiger partial charge in [0, 0.05) is 24.7 Å². The Morgan fingerprint density at radius 3 is 1.96 bits per heavy atom. The van der Waals surface area contributed by atoms with Crippen LogP contribution in [0.4, 0.5) is 30.2 Å². The average molecular weight is 360 g/mol. The predicted octanol–water partition coefficient (Wildman–Crippen LogP) is 3.03. The molecule has 25 heavy (non-hydrogen) atoms. The first kappa shape index (κ1) is 17.4. The molecule has 3 aliphatic rings. The molecule has 11 heteroatoms. The van der Waals surface area contributed by atoms with Gasteiger partial charge in [-0.05, 0) is 31.8 Å². The van der Waals surface area contributed by atoms with Crippen LogP contribution in [0.3, 0.4) is 0 Å². The highest BCUT2D eigenvalue weighted by Gasteiger charge is 2.40. The molecule has 1 aromatic rings. The fraction of sp³-hybridized carbons (Fsp3) is 0.571. The number of anilines is 1. The van der Waals surface area contributed by atoms with Gasteiger partial charge in [0.15, 0.2) is 5.69 Å². The Bertz CT molecular complexity index is 682. The highest BCUT2D eigenvalue weighted by molar-refractivity contribution is 5.75. The molecule has 8 nitrogen and oxygen atoms in total. The maximum absolute atomic E-state index is 12.9. The molecule has 0 saturated carbocycles. The minimum atomic E-state index is -4.91. The Labute approximate surface area is 139 Å². The van der Waals surface area contributed by atoms with E-state index < -0.39 is 38.6 Å². The number of alkyl halides is 3. The SMILES string of the molecule is O=[N+]([O-])c1cc(C(F)(F)F)cc([N+](=O)[O-])c1N[C@H]1CN2CCC1CC2. The van der Waals surface area contributed by atoms with Crippen molar-refractivity contribution in [3.05, 3.63) is 37.9 Å². The fourth-order valence-corrected chi connectivity index (χ4v) is 3.53. The number of hydrogen-bond acceptors (Lipinski definition) is 6. The summed E-state index contributed by atoms with van der Waals surface area (Å²) in [6.45, 7) is 2.33. The lowest BCUT2D eigenvalue weighted by Crippen LogP contribution is -2.53. The number of nitrogens with one attached hydrogen (secondary N) is 1. The number of nitro benzene ring substituents is 2. The number of hydrogen-bond donors (Lipinski definition) is 1. The number of rotatable bonds is 4. The van der Waals surface area contributed by atoms with Crippen molar-refractivity contribution >= 4 is 17.1 Å². The van der Waals surface area contributed by atoms with E-state index in [2.05, 4.69) is 10.2 Å². The van der Waals surface area contributed by atoms with Gasteiger partial charge in [-0.3, -0.25) is 20.2 Å². The molecular weight excluding hydrogens is 345 g/mol. The third kappa shape index (κ3) is 3.36. The van der Waals surface area contributed by atoms with Gasteiger partial charge in [0.05, 0.1) is 15.4 Å². The van der Waals surface area contributed by atoms with Gasteiger partial charge >= 0.3 is 6.18 Å². The summed E-state index contributed by atoms with van der Waals surface area (Å²) in [5.41, 5.74) is -3.73. The van der Waals surface area contributed by atoms with Gasteiger partial charge in [0.2, 0.25) is 0 Å². The van der Waals surface area contributed by atoms with Crippen LogP contribution in [-0.2, 0) is 6.18 Å². The van der Waals surface area contributed by atoms with E-state index in [0.717, 1.165) is 25.9 Å². The summed E-state index contributed by atoms with van der Waals surface area (Å²) in [5.74, 6) is 0.187. The van der Waals surface area contributed by atoms with E-state index >= 15 is 0 Å². The zero-order chi connectivity index (χ0) is 18.4. The molecule has 3 aliphatic heterocycles. The van der Waals surface area contributed by atoms with Crippen molar-refractivity contribution in [1.82, 2.24) is 4.90 Å². The van der Waals surface area contributed by atoms with Crippen LogP contribution in [0.1, 0.15) is 18.4 Å². The molecule has 2 bridgehead atoms. The minimum absolute atomic E-state index is 0.187. The molecular formula is C14H15F3N4O4. The number of piperidine rings is 3. The van der Waals surface area contributed by atoms with Crippen LogP contribution in [0.2, 0.25) is 0 Å². The van der Waals surface area contributed by atoms with E-state index in [-0.39, 0.29) is 12.0 Å². The zero-order valence-electron chi connectivity index (χ0n) is 13.0. The quantitative estimate of drug-likeness (QED) is 0.654. The highest BCUT2D eigenvalue weighted by atomic mass is 19.4. The third-order valence-corrected chi connectivity index (χ3v) is 4.80. The van der Waals surface area contributed by atoms with Crippen LogP contribution in [0.25, 0.3) is 0 Å². The molecule has 0 aliphatic carbocycles. The zero-order valence-corrected chi connectivity index (χ0v) is 13.0. The molecule has 1 N–H and O–H groups in total. The van der Waals surface area contributed by atoms with Gasteiger partial charge in [-0.1, -0.05) is 0 Å². The van der Waals surface area contributed by atoms with E-state index in [1.807, 2.05) is 0 Å². The summed E-state index contributed by atoms with van der Waals surface area (Å²) in [5, 5.41) is 25.3. The maximum atomic E-state index is 12.9. The van der Waals surface area contributed by atoms with Crippen LogP contribution in [0, 0.1) is 26.1 Å². The van der Waals surface area contributed by atoms with Crippen molar-refractivity contribution in [2.45, 2.75) is 25.1 Å². The summed E-state index contributed by atoms with van der Waals surface area (Å²) < 4.78 is 38.7. The van der Waals surface area contributed by atoms with Gasteiger partial charge in [-0.15, -0.1) is 0 Å². The Hall–Kier alpha value is -2.43. The Balaban J connectivity index is 2.04. The monoisotopic (exact) mass is 360 g/mol. The van der Waals surface area contributed by atoms with Crippen LogP contribution in [0.15, 0.2) is 12.1 Å². The van der Waals surface area contributed by atoms with Crippen molar-refractivity contribution < 1.29 is 23.0 Å². The average Bonchev–Trinajstić information content (AvgIpc) is 2.54. The van der Waals surface area contributed by atoms with Crippen LogP contribution < -0.4 is 5.32 Å². The summed E-state index contributed by atoms with van der Waals surface area (Å²) >= 11 is 0. The van der Waals surface area contributed by atoms with E-state index in [0.29, 0.717) is 18.7 Å². The molecule has 0 spiro atoms. The highest BCUT2D eigenvalue weighted by Crippen LogP contribution is 2.42. The Kier molecular flexibility index (Phi) is 4.27. The second-order valence-electron chi connectivity index (χ2n) is 6.29. The van der Waals surface area contributed by atoms with E-state index in [4.69, 9.17) is 0 Å². The van der Waals surface area contributed by atoms with Crippen molar-refractivity contribution in [3.63, 3.8) is 0 Å². The molecule has 1 atom stereocenters. The Morgan fingerprint density at radius 2 is 1.60 bits per heavy atom. The van der Waals surface area contributed by atoms with E-state index in [9.17, 15) is 33.4 Å². The normalized spacial score (nSPS) is 25.6. The first-order valence-electron chi connectivity index (χ1n) is 7.69. The van der Waals surface area contributed by atoms with Crippen molar-refractivity contribution in [1.29, 1.82) is 0 Å². The van der Waals surface area contributed by atoms with Gasteiger partial charge in [0.1, 0.15) is 0 Å². The number of halogens is 3. The topological polar surface area (TPSA) is 102 Å². The van der Waals surface area contributed by atoms with E-state index in [1.54, 1.807) is 0 Å². The molecule has 0 amide bonds. The third-order valence-electron chi connectivity index (χ3n) is 4.80. The molecule has 0 unspecified atom stereocenters. The second kappa shape index (κ2) is 6.14. The molecule has 0 aromatic heterocycles. The standard InChI is InChI=1S/C14H15F3N4O4/c15-14(16,17)9-5-11(20(22)23)13(12(6-9)21(24)25)18-10-7-19-3-1-8(10)2-4-19/h5-6,8,10,18H,1-4,7H2/t10-/m0/s1. The molecule has 4 rings (SSSR count). The van der Waals surface area contributed by atoms with Crippen molar-refractivity contribution in [2.75, 3.05) is 25.0 Å². The lowest BCUT2D eigenvalue weighted by Gasteiger charge is -2.45. The van der Waals surface area contributed by atoms with Crippen molar-refractivity contribution in [2.24, 2.45) is 5.92 Å². The minimum Gasteiger partial charge on any atom is -0.370 e. The second-order valence-corrected chi connectivity index (χ2v) is 6.29. The summed E-state index contributed by atoms with van der Waals surface area (Å²) in [6, 6.07) is 0.421. The summed E-state index contributed by atoms with van der Waals surface area (Å²) in [6.07, 6.45) is -3.22. The largest absolute Gasteiger partial charge is 0.416 e. The van der Waals surface area contributed by atoms with Gasteiger partial charge in [-0.25, -0.2) is 0 Å². The smallest absolute Gasteiger partial charge is 0.370 e. The fourth-order valence-electron chi connectivity index (χ4n) is 3.53. The first-order valence-corrected chi connectivity index (χ1v) is 7.69. The number of nitrogens with zero attached hydrogens (tertiary/aromatic N) is 3. The van der Waals surface area contributed by atoms with Gasteiger partial charge in [0.25, 0.3) is 11.4 Å². The predicted molar refractivity (Wildman–Crippen MR) is 81.3 cm³/mol. The van der Waals surface area contributed by atoms with Gasteiger partial charge < -0.3 is 10.2 Å². The molecule has 3 heterocycles. The number of nitro groups is 2. The van der Waals surface area contributed by atoms with Gasteiger partial charge in [-0.2, -0.15) is 13.2 Å². The number of fused-ring (bicyclic) bond motifs is 3. The van der Waals surface area contributed by atoms with Crippen LogP contribution in [-0.4, -0.2) is 40.4 Å². The maximum Gasteiger partial charge on any atom is 0.416 e. The number of benzene rings is 1.